The second-order valence-corrected chi connectivity index (χ2v) is 8.18. The van der Waals surface area contributed by atoms with Crippen LogP contribution in [0.25, 0.3) is 0 Å². The van der Waals surface area contributed by atoms with Crippen molar-refractivity contribution in [1.29, 1.82) is 0 Å². The Hall–Kier alpha value is -0.720. The van der Waals surface area contributed by atoms with Crippen LogP contribution in [0.2, 0.25) is 0 Å². The molecule has 5 nitrogen and oxygen atoms in total. The van der Waals surface area contributed by atoms with E-state index in [1.165, 1.54) is 25.0 Å². The fourth-order valence-corrected chi connectivity index (χ4v) is 3.71. The highest BCUT2D eigenvalue weighted by atomic mass is 32.1. The summed E-state index contributed by atoms with van der Waals surface area (Å²) < 4.78 is 5.37. The third kappa shape index (κ3) is 6.30. The van der Waals surface area contributed by atoms with Gasteiger partial charge in [-0.15, -0.1) is 0 Å². The summed E-state index contributed by atoms with van der Waals surface area (Å²) >= 11 is 5.33. The lowest BCUT2D eigenvalue weighted by Crippen LogP contribution is -3.14. The summed E-state index contributed by atoms with van der Waals surface area (Å²) in [6, 6.07) is 0. The van der Waals surface area contributed by atoms with Crippen LogP contribution in [0.15, 0.2) is 5.10 Å². The number of nitrogens with zero attached hydrogens (tertiary/aromatic N) is 1. The lowest BCUT2D eigenvalue weighted by atomic mass is 9.69. The van der Waals surface area contributed by atoms with Gasteiger partial charge in [-0.25, -0.2) is 0 Å². The summed E-state index contributed by atoms with van der Waals surface area (Å²) in [4.78, 5) is 1.58. The quantitative estimate of drug-likeness (QED) is 0.497. The van der Waals surface area contributed by atoms with Crippen LogP contribution in [0.4, 0.5) is 0 Å². The summed E-state index contributed by atoms with van der Waals surface area (Å²) in [7, 11) is 0. The van der Waals surface area contributed by atoms with E-state index in [4.69, 9.17) is 17.0 Å². The van der Waals surface area contributed by atoms with Gasteiger partial charge in [0.2, 0.25) is 0 Å². The van der Waals surface area contributed by atoms with Crippen molar-refractivity contribution in [3.05, 3.63) is 0 Å². The number of hydrazone groups is 1. The van der Waals surface area contributed by atoms with E-state index < -0.39 is 0 Å². The molecule has 0 aromatic carbocycles. The monoisotopic (exact) mass is 355 g/mol. The molecule has 0 amide bonds. The molecule has 0 aromatic heterocycles. The number of hydrogen-bond acceptors (Lipinski definition) is 3. The summed E-state index contributed by atoms with van der Waals surface area (Å²) in [6.07, 6.45) is 5.95. The first-order valence-corrected chi connectivity index (χ1v) is 9.92. The summed E-state index contributed by atoms with van der Waals surface area (Å²) in [6.45, 7) is 13.0. The lowest BCUT2D eigenvalue weighted by Gasteiger charge is -2.36. The average Bonchev–Trinajstić information content (AvgIpc) is 2.61. The zero-order valence-corrected chi connectivity index (χ0v) is 16.4. The van der Waals surface area contributed by atoms with Gasteiger partial charge in [-0.3, -0.25) is 5.43 Å². The molecule has 2 rings (SSSR count). The molecular formula is C18H35N4OS+. The maximum Gasteiger partial charge on any atom is 0.187 e. The highest BCUT2D eigenvalue weighted by Gasteiger charge is 2.30. The minimum absolute atomic E-state index is 0.456. The molecule has 1 saturated carbocycles. The summed E-state index contributed by atoms with van der Waals surface area (Å²) in [5, 5.41) is 8.43. The molecule has 0 bridgehead atoms. The Morgan fingerprint density at radius 2 is 1.96 bits per heavy atom. The number of quaternary nitrogens is 1. The third-order valence-electron chi connectivity index (χ3n) is 5.86. The van der Waals surface area contributed by atoms with Crippen LogP contribution in [0.1, 0.15) is 52.9 Å². The van der Waals surface area contributed by atoms with Crippen molar-refractivity contribution in [2.24, 2.45) is 16.4 Å². The second kappa shape index (κ2) is 9.68. The minimum atomic E-state index is 0.456. The Morgan fingerprint density at radius 3 is 2.58 bits per heavy atom. The predicted octanol–water partition coefficient (Wildman–Crippen LogP) is 1.35. The molecule has 0 radical (unpaired) electrons. The minimum Gasteiger partial charge on any atom is -0.370 e. The van der Waals surface area contributed by atoms with Crippen LogP contribution >= 0.6 is 12.2 Å². The molecule has 0 unspecified atom stereocenters. The maximum atomic E-state index is 5.37. The van der Waals surface area contributed by atoms with Crippen molar-refractivity contribution >= 4 is 23.0 Å². The van der Waals surface area contributed by atoms with E-state index in [0.29, 0.717) is 10.5 Å². The van der Waals surface area contributed by atoms with Crippen molar-refractivity contribution in [3.63, 3.8) is 0 Å². The Balaban J connectivity index is 1.62. The van der Waals surface area contributed by atoms with Gasteiger partial charge >= 0.3 is 0 Å². The molecule has 1 heterocycles. The number of rotatable bonds is 6. The molecule has 0 spiro atoms. The summed E-state index contributed by atoms with van der Waals surface area (Å²) in [5.74, 6) is 0.822. The van der Waals surface area contributed by atoms with Gasteiger partial charge in [0.05, 0.1) is 26.3 Å². The predicted molar refractivity (Wildman–Crippen MR) is 104 cm³/mol. The fourth-order valence-electron chi connectivity index (χ4n) is 3.57. The number of morpholine rings is 1. The fraction of sp³-hybridized carbons (Fsp3) is 0.889. The van der Waals surface area contributed by atoms with Crippen LogP contribution < -0.4 is 15.6 Å². The smallest absolute Gasteiger partial charge is 0.187 e. The van der Waals surface area contributed by atoms with Crippen molar-refractivity contribution in [3.8, 4) is 0 Å². The van der Waals surface area contributed by atoms with E-state index in [9.17, 15) is 0 Å². The van der Waals surface area contributed by atoms with Gasteiger partial charge in [0.15, 0.2) is 5.11 Å². The molecule has 1 aliphatic carbocycles. The first-order chi connectivity index (χ1) is 11.5. The zero-order valence-electron chi connectivity index (χ0n) is 15.6. The van der Waals surface area contributed by atoms with Crippen LogP contribution in [0.3, 0.4) is 0 Å². The van der Waals surface area contributed by atoms with Gasteiger partial charge in [-0.2, -0.15) is 5.10 Å². The van der Waals surface area contributed by atoms with Gasteiger partial charge in [-0.1, -0.05) is 27.2 Å². The van der Waals surface area contributed by atoms with Gasteiger partial charge in [0.1, 0.15) is 13.1 Å². The van der Waals surface area contributed by atoms with E-state index in [1.807, 2.05) is 0 Å². The normalized spacial score (nSPS) is 23.0. The molecule has 3 N–H and O–H groups in total. The van der Waals surface area contributed by atoms with E-state index in [2.05, 4.69) is 36.6 Å². The second-order valence-electron chi connectivity index (χ2n) is 7.77. The van der Waals surface area contributed by atoms with Crippen LogP contribution in [-0.2, 0) is 4.74 Å². The van der Waals surface area contributed by atoms with Crippen LogP contribution in [-0.4, -0.2) is 50.2 Å². The molecular weight excluding hydrogens is 320 g/mol. The van der Waals surface area contributed by atoms with Crippen molar-refractivity contribution < 1.29 is 9.64 Å². The van der Waals surface area contributed by atoms with Crippen LogP contribution in [0.5, 0.6) is 0 Å². The van der Waals surface area contributed by atoms with Crippen molar-refractivity contribution in [2.75, 3.05) is 39.4 Å². The number of thiocarbonyl (C=S) groups is 1. The molecule has 138 valence electrons. The van der Waals surface area contributed by atoms with E-state index in [1.54, 1.807) is 4.90 Å². The zero-order chi connectivity index (χ0) is 17.4. The molecule has 24 heavy (non-hydrogen) atoms. The van der Waals surface area contributed by atoms with Crippen molar-refractivity contribution in [2.45, 2.75) is 52.9 Å². The molecule has 1 aliphatic heterocycles. The topological polar surface area (TPSA) is 50.1 Å². The first-order valence-electron chi connectivity index (χ1n) is 9.52. The molecule has 0 atom stereocenters. The highest BCUT2D eigenvalue weighted by Crippen LogP contribution is 2.39. The van der Waals surface area contributed by atoms with Gasteiger partial charge in [0, 0.05) is 5.71 Å². The lowest BCUT2D eigenvalue weighted by molar-refractivity contribution is -0.906. The number of hydrogen-bond donors (Lipinski definition) is 3. The Labute approximate surface area is 152 Å². The molecule has 0 aromatic rings. The molecule has 2 fully saturated rings. The maximum absolute atomic E-state index is 5.37. The van der Waals surface area contributed by atoms with Crippen molar-refractivity contribution in [1.82, 2.24) is 10.7 Å². The number of nitrogens with one attached hydrogen (secondary N) is 3. The Kier molecular flexibility index (Phi) is 7.91. The van der Waals surface area contributed by atoms with E-state index >= 15 is 0 Å². The van der Waals surface area contributed by atoms with Gasteiger partial charge in [0.25, 0.3) is 0 Å². The molecule has 6 heteroatoms. The van der Waals surface area contributed by atoms with Crippen LogP contribution in [0, 0.1) is 11.3 Å². The van der Waals surface area contributed by atoms with E-state index in [-0.39, 0.29) is 0 Å². The largest absolute Gasteiger partial charge is 0.370 e. The summed E-state index contributed by atoms with van der Waals surface area (Å²) in [5.41, 5.74) is 4.75. The van der Waals surface area contributed by atoms with Gasteiger partial charge < -0.3 is 15.0 Å². The highest BCUT2D eigenvalue weighted by molar-refractivity contribution is 7.80. The molecule has 2 aliphatic rings. The SMILES string of the molecule is CCC(C)(C)C1CCC(=NNC(=S)NCC[NH+]2CCOCC2)CC1. The van der Waals surface area contributed by atoms with E-state index in [0.717, 1.165) is 58.2 Å². The third-order valence-corrected chi connectivity index (χ3v) is 6.09. The number of ether oxygens (including phenoxy) is 1. The van der Waals surface area contributed by atoms with Gasteiger partial charge in [-0.05, 0) is 49.2 Å². The first kappa shape index (κ1) is 19.6. The standard InChI is InChI=1S/C18H34N4OS/c1-4-18(2,3)15-5-7-16(8-6-15)20-21-17(24)19-9-10-22-11-13-23-14-12-22/h15H,4-14H2,1-3H3,(H2,19,21,24)/p+1. The Bertz CT molecular complexity index is 423. The molecule has 1 saturated heterocycles. The Morgan fingerprint density at radius 1 is 1.29 bits per heavy atom. The average molecular weight is 356 g/mol.